The Kier molecular flexibility index (Phi) is 5.12. The molecule has 1 N–H and O–H groups in total. The molecular weight excluding hydrogens is 388 g/mol. The number of anilines is 1. The summed E-state index contributed by atoms with van der Waals surface area (Å²) in [5, 5.41) is 7.78. The Morgan fingerprint density at radius 3 is 2.76 bits per heavy atom. The SMILES string of the molecule is Cc1cc(C)n2ncc(C(=O)Nc3sc4c(c3C(=O)OC(C)C)CCCC4)c2n1. The van der Waals surface area contributed by atoms with Gasteiger partial charge < -0.3 is 10.1 Å². The Morgan fingerprint density at radius 2 is 2.00 bits per heavy atom. The summed E-state index contributed by atoms with van der Waals surface area (Å²) in [5.41, 5.74) is 4.13. The van der Waals surface area contributed by atoms with Crippen molar-refractivity contribution in [1.29, 1.82) is 0 Å². The Bertz CT molecular complexity index is 1110. The molecule has 8 heteroatoms. The lowest BCUT2D eigenvalue weighted by Gasteiger charge is -2.14. The van der Waals surface area contributed by atoms with Crippen LogP contribution in [0, 0.1) is 13.8 Å². The molecule has 0 aromatic carbocycles. The van der Waals surface area contributed by atoms with E-state index >= 15 is 0 Å². The van der Waals surface area contributed by atoms with Crippen LogP contribution in [-0.2, 0) is 17.6 Å². The lowest BCUT2D eigenvalue weighted by Crippen LogP contribution is -2.18. The van der Waals surface area contributed by atoms with E-state index in [-0.39, 0.29) is 18.0 Å². The summed E-state index contributed by atoms with van der Waals surface area (Å²) < 4.78 is 7.11. The molecule has 29 heavy (non-hydrogen) atoms. The number of nitrogens with one attached hydrogen (secondary N) is 1. The van der Waals surface area contributed by atoms with Gasteiger partial charge in [0.2, 0.25) is 0 Å². The van der Waals surface area contributed by atoms with Crippen molar-refractivity contribution in [3.8, 4) is 0 Å². The monoisotopic (exact) mass is 412 g/mol. The van der Waals surface area contributed by atoms with Gasteiger partial charge in [0.15, 0.2) is 5.65 Å². The lowest BCUT2D eigenvalue weighted by atomic mass is 9.95. The summed E-state index contributed by atoms with van der Waals surface area (Å²) in [5.74, 6) is -0.700. The molecule has 0 bridgehead atoms. The highest BCUT2D eigenvalue weighted by atomic mass is 32.1. The van der Waals surface area contributed by atoms with E-state index in [1.807, 2.05) is 33.8 Å². The second kappa shape index (κ2) is 7.59. The van der Waals surface area contributed by atoms with Crippen molar-refractivity contribution >= 4 is 33.9 Å². The van der Waals surface area contributed by atoms with Crippen molar-refractivity contribution in [3.63, 3.8) is 0 Å². The van der Waals surface area contributed by atoms with Crippen molar-refractivity contribution in [2.45, 2.75) is 59.5 Å². The minimum absolute atomic E-state index is 0.222. The van der Waals surface area contributed by atoms with Crippen LogP contribution >= 0.6 is 11.3 Å². The summed E-state index contributed by atoms with van der Waals surface area (Å²) >= 11 is 1.47. The zero-order valence-corrected chi connectivity index (χ0v) is 17.9. The van der Waals surface area contributed by atoms with Crippen molar-refractivity contribution in [2.75, 3.05) is 5.32 Å². The fourth-order valence-corrected chi connectivity index (χ4v) is 5.02. The minimum Gasteiger partial charge on any atom is -0.459 e. The number of nitrogens with zero attached hydrogens (tertiary/aromatic N) is 3. The topological polar surface area (TPSA) is 85.6 Å². The number of ether oxygens (including phenoxy) is 1. The van der Waals surface area contributed by atoms with E-state index in [2.05, 4.69) is 15.4 Å². The van der Waals surface area contributed by atoms with Crippen molar-refractivity contribution in [1.82, 2.24) is 14.6 Å². The number of hydrogen-bond acceptors (Lipinski definition) is 6. The summed E-state index contributed by atoms with van der Waals surface area (Å²) in [4.78, 5) is 31.5. The van der Waals surface area contributed by atoms with Gasteiger partial charge in [0.25, 0.3) is 5.91 Å². The summed E-state index contributed by atoms with van der Waals surface area (Å²) in [6, 6.07) is 1.91. The van der Waals surface area contributed by atoms with E-state index in [9.17, 15) is 9.59 Å². The number of esters is 1. The first-order chi connectivity index (χ1) is 13.8. The van der Waals surface area contributed by atoms with Crippen LogP contribution in [0.4, 0.5) is 5.00 Å². The van der Waals surface area contributed by atoms with E-state index in [1.54, 1.807) is 4.52 Å². The third-order valence-corrected chi connectivity index (χ3v) is 6.18. The van der Waals surface area contributed by atoms with Gasteiger partial charge in [-0.1, -0.05) is 0 Å². The second-order valence-corrected chi connectivity index (χ2v) is 8.76. The quantitative estimate of drug-likeness (QED) is 0.652. The number of aromatic nitrogens is 3. The van der Waals surface area contributed by atoms with Crippen molar-refractivity contribution in [3.05, 3.63) is 45.2 Å². The Morgan fingerprint density at radius 1 is 1.24 bits per heavy atom. The molecule has 152 valence electrons. The van der Waals surface area contributed by atoms with E-state index in [0.29, 0.717) is 21.8 Å². The van der Waals surface area contributed by atoms with Crippen molar-refractivity contribution < 1.29 is 14.3 Å². The number of thiophene rings is 1. The highest BCUT2D eigenvalue weighted by Crippen LogP contribution is 2.39. The third kappa shape index (κ3) is 3.64. The molecule has 0 unspecified atom stereocenters. The van der Waals surface area contributed by atoms with Gasteiger partial charge in [-0.2, -0.15) is 5.10 Å². The Labute approximate surface area is 173 Å². The van der Waals surface area contributed by atoms with E-state index in [4.69, 9.17) is 4.74 Å². The zero-order valence-electron chi connectivity index (χ0n) is 17.0. The fourth-order valence-electron chi connectivity index (χ4n) is 3.74. The average molecular weight is 413 g/mol. The number of carbonyl (C=O) groups is 2. The molecule has 0 radical (unpaired) electrons. The number of hydrogen-bond donors (Lipinski definition) is 1. The van der Waals surface area contributed by atoms with Crippen LogP contribution in [0.15, 0.2) is 12.3 Å². The number of amides is 1. The second-order valence-electron chi connectivity index (χ2n) is 7.66. The zero-order chi connectivity index (χ0) is 20.7. The predicted molar refractivity (Wildman–Crippen MR) is 112 cm³/mol. The molecule has 7 nitrogen and oxygen atoms in total. The molecule has 0 saturated heterocycles. The molecule has 0 aliphatic heterocycles. The van der Waals surface area contributed by atoms with Gasteiger partial charge in [-0.25, -0.2) is 14.3 Å². The van der Waals surface area contributed by atoms with Gasteiger partial charge in [0, 0.05) is 16.3 Å². The van der Waals surface area contributed by atoms with Gasteiger partial charge in [0.05, 0.1) is 17.9 Å². The van der Waals surface area contributed by atoms with Crippen molar-refractivity contribution in [2.24, 2.45) is 0 Å². The standard InChI is InChI=1S/C21H24N4O3S/c1-11(2)28-21(27)17-14-7-5-6-8-16(14)29-20(17)24-19(26)15-10-22-25-13(4)9-12(3)23-18(15)25/h9-11H,5-8H2,1-4H3,(H,24,26). The predicted octanol–water partition coefficient (Wildman–Crippen LogP) is 4.10. The first-order valence-electron chi connectivity index (χ1n) is 9.84. The largest absolute Gasteiger partial charge is 0.459 e. The molecule has 4 rings (SSSR count). The van der Waals surface area contributed by atoms with E-state index in [1.165, 1.54) is 17.5 Å². The highest BCUT2D eigenvalue weighted by molar-refractivity contribution is 7.17. The molecule has 0 fully saturated rings. The fraction of sp³-hybridized carbons (Fsp3) is 0.429. The Balaban J connectivity index is 1.72. The first-order valence-corrected chi connectivity index (χ1v) is 10.7. The molecular formula is C21H24N4O3S. The van der Waals surface area contributed by atoms with E-state index < -0.39 is 0 Å². The maximum Gasteiger partial charge on any atom is 0.341 e. The van der Waals surface area contributed by atoms with Crippen LogP contribution in [0.25, 0.3) is 5.65 Å². The normalized spacial score (nSPS) is 13.6. The van der Waals surface area contributed by atoms with Gasteiger partial charge >= 0.3 is 5.97 Å². The molecule has 1 amide bonds. The average Bonchev–Trinajstić information content (AvgIpc) is 3.22. The first kappa shape index (κ1) is 19.6. The molecule has 0 atom stereocenters. The van der Waals surface area contributed by atoms with Crippen LogP contribution in [0.5, 0.6) is 0 Å². The number of rotatable bonds is 4. The van der Waals surface area contributed by atoms with Gasteiger partial charge in [-0.3, -0.25) is 4.79 Å². The number of fused-ring (bicyclic) bond motifs is 2. The summed E-state index contributed by atoms with van der Waals surface area (Å²) in [6.45, 7) is 7.45. The maximum atomic E-state index is 13.1. The molecule has 0 spiro atoms. The van der Waals surface area contributed by atoms with Crippen LogP contribution in [-0.4, -0.2) is 32.6 Å². The molecule has 3 aromatic heterocycles. The Hall–Kier alpha value is -2.74. The van der Waals surface area contributed by atoms with Crippen LogP contribution < -0.4 is 5.32 Å². The molecule has 1 aliphatic carbocycles. The highest BCUT2D eigenvalue weighted by Gasteiger charge is 2.28. The molecule has 1 aliphatic rings. The van der Waals surface area contributed by atoms with Gasteiger partial charge in [-0.15, -0.1) is 11.3 Å². The summed E-state index contributed by atoms with van der Waals surface area (Å²) in [6.07, 6.45) is 5.19. The van der Waals surface area contributed by atoms with Crippen LogP contribution in [0.3, 0.4) is 0 Å². The van der Waals surface area contributed by atoms with Crippen LogP contribution in [0.1, 0.15) is 69.2 Å². The number of carbonyl (C=O) groups excluding carboxylic acids is 2. The summed E-state index contributed by atoms with van der Waals surface area (Å²) in [7, 11) is 0. The third-order valence-electron chi connectivity index (χ3n) is 4.97. The molecule has 3 aromatic rings. The number of aryl methyl sites for hydroxylation is 3. The van der Waals surface area contributed by atoms with Crippen LogP contribution in [0.2, 0.25) is 0 Å². The maximum absolute atomic E-state index is 13.1. The smallest absolute Gasteiger partial charge is 0.341 e. The molecule has 3 heterocycles. The lowest BCUT2D eigenvalue weighted by molar-refractivity contribution is 0.0378. The van der Waals surface area contributed by atoms with Gasteiger partial charge in [0.1, 0.15) is 10.6 Å². The molecule has 0 saturated carbocycles. The van der Waals surface area contributed by atoms with E-state index in [0.717, 1.165) is 47.5 Å². The minimum atomic E-state index is -0.376. The van der Waals surface area contributed by atoms with Gasteiger partial charge in [-0.05, 0) is 65.0 Å².